The zero-order valence-electron chi connectivity index (χ0n) is 10.1. The van der Waals surface area contributed by atoms with E-state index in [9.17, 15) is 4.79 Å². The van der Waals surface area contributed by atoms with E-state index in [-0.39, 0.29) is 0 Å². The highest BCUT2D eigenvalue weighted by atomic mass is 16.1. The molecular weight excluding hydrogens is 224 g/mol. The van der Waals surface area contributed by atoms with E-state index in [1.54, 1.807) is 0 Å². The fourth-order valence-corrected chi connectivity index (χ4v) is 2.79. The third-order valence-electron chi connectivity index (χ3n) is 3.81. The van der Waals surface area contributed by atoms with Gasteiger partial charge in [-0.1, -0.05) is 12.1 Å². The number of hydrogen-bond acceptors (Lipinski definition) is 1. The predicted octanol–water partition coefficient (Wildman–Crippen LogP) is 3.95. The first kappa shape index (κ1) is 11.0. The number of aromatic nitrogens is 1. The number of nitrogens with one attached hydrogen (secondary N) is 1. The molecule has 1 saturated carbocycles. The molecule has 3 heteroatoms. The lowest BCUT2D eigenvalue weighted by atomic mass is 9.83. The van der Waals surface area contributed by atoms with Crippen LogP contribution in [0.5, 0.6) is 0 Å². The molecule has 90 valence electrons. The third kappa shape index (κ3) is 1.80. The van der Waals surface area contributed by atoms with Gasteiger partial charge in [-0.3, -0.25) is 4.79 Å². The van der Waals surface area contributed by atoms with Crippen molar-refractivity contribution in [1.82, 2.24) is 4.98 Å². The van der Waals surface area contributed by atoms with Gasteiger partial charge >= 0.3 is 0 Å². The first-order chi connectivity index (χ1) is 8.78. The maximum absolute atomic E-state index is 11.3. The fraction of sp³-hybridized carbons (Fsp3) is 0.333. The lowest BCUT2D eigenvalue weighted by Crippen LogP contribution is -2.11. The van der Waals surface area contributed by atoms with Gasteiger partial charge in [-0.25, -0.2) is 4.85 Å². The summed E-state index contributed by atoms with van der Waals surface area (Å²) in [5.74, 6) is 0.872. The van der Waals surface area contributed by atoms with E-state index in [0.717, 1.165) is 18.4 Å². The molecule has 1 aromatic carbocycles. The monoisotopic (exact) mass is 238 g/mol. The van der Waals surface area contributed by atoms with Gasteiger partial charge in [0.1, 0.15) is 5.78 Å². The summed E-state index contributed by atoms with van der Waals surface area (Å²) >= 11 is 0. The number of H-pyrrole nitrogens is 1. The van der Waals surface area contributed by atoms with Crippen LogP contribution in [0.25, 0.3) is 15.7 Å². The molecule has 3 nitrogen and oxygen atoms in total. The molecule has 0 saturated heterocycles. The van der Waals surface area contributed by atoms with Gasteiger partial charge in [0.2, 0.25) is 0 Å². The van der Waals surface area contributed by atoms with E-state index in [0.29, 0.717) is 30.2 Å². The zero-order chi connectivity index (χ0) is 12.5. The van der Waals surface area contributed by atoms with Crippen molar-refractivity contribution in [1.29, 1.82) is 0 Å². The maximum atomic E-state index is 11.3. The summed E-state index contributed by atoms with van der Waals surface area (Å²) in [5.41, 5.74) is 2.99. The number of rotatable bonds is 1. The van der Waals surface area contributed by atoms with E-state index in [1.807, 2.05) is 24.4 Å². The number of carbonyl (C=O) groups is 1. The van der Waals surface area contributed by atoms with Crippen molar-refractivity contribution in [3.63, 3.8) is 0 Å². The Hall–Kier alpha value is -2.08. The Kier molecular flexibility index (Phi) is 2.64. The van der Waals surface area contributed by atoms with Gasteiger partial charge in [0.15, 0.2) is 5.69 Å². The number of aromatic amines is 1. The number of nitrogens with zero attached hydrogens (tertiary/aromatic N) is 1. The molecule has 1 fully saturated rings. The second-order valence-corrected chi connectivity index (χ2v) is 4.90. The number of fused-ring (bicyclic) bond motifs is 1. The van der Waals surface area contributed by atoms with Gasteiger partial charge in [-0.2, -0.15) is 0 Å². The van der Waals surface area contributed by atoms with Crippen LogP contribution >= 0.6 is 0 Å². The Balaban J connectivity index is 1.98. The lowest BCUT2D eigenvalue weighted by Gasteiger charge is -2.20. The number of Topliss-reactive ketones (excluding diaryl/α,β-unsaturated/α-hetero) is 1. The minimum absolute atomic E-state index is 0.390. The summed E-state index contributed by atoms with van der Waals surface area (Å²) in [6.07, 6.45) is 5.36. The molecule has 18 heavy (non-hydrogen) atoms. The first-order valence-electron chi connectivity index (χ1n) is 6.28. The number of carbonyl (C=O) groups excluding carboxylic acids is 1. The Morgan fingerprint density at radius 3 is 2.78 bits per heavy atom. The number of hydrogen-bond donors (Lipinski definition) is 1. The summed E-state index contributed by atoms with van der Waals surface area (Å²) in [7, 11) is 0. The van der Waals surface area contributed by atoms with Crippen molar-refractivity contribution in [2.45, 2.75) is 31.6 Å². The molecule has 0 atom stereocenters. The molecule has 0 aliphatic heterocycles. The van der Waals surface area contributed by atoms with Crippen molar-refractivity contribution in [2.75, 3.05) is 0 Å². The van der Waals surface area contributed by atoms with E-state index >= 15 is 0 Å². The zero-order valence-corrected chi connectivity index (χ0v) is 10.1. The van der Waals surface area contributed by atoms with Gasteiger partial charge < -0.3 is 4.98 Å². The van der Waals surface area contributed by atoms with Crippen LogP contribution in [-0.4, -0.2) is 10.8 Å². The number of ketones is 1. The van der Waals surface area contributed by atoms with Gasteiger partial charge in [-0.15, -0.1) is 0 Å². The molecule has 1 aliphatic carbocycles. The summed E-state index contributed by atoms with van der Waals surface area (Å²) in [5, 5.41) is 1.20. The Morgan fingerprint density at radius 1 is 1.28 bits per heavy atom. The van der Waals surface area contributed by atoms with E-state index < -0.39 is 0 Å². The first-order valence-corrected chi connectivity index (χ1v) is 6.28. The van der Waals surface area contributed by atoms with Crippen molar-refractivity contribution >= 4 is 22.4 Å². The molecule has 0 amide bonds. The second-order valence-electron chi connectivity index (χ2n) is 4.90. The van der Waals surface area contributed by atoms with Gasteiger partial charge in [0.25, 0.3) is 0 Å². The summed E-state index contributed by atoms with van der Waals surface area (Å²) in [6.45, 7) is 7.02. The minimum atomic E-state index is 0.390. The van der Waals surface area contributed by atoms with Crippen molar-refractivity contribution in [2.24, 2.45) is 0 Å². The van der Waals surface area contributed by atoms with Crippen LogP contribution in [0, 0.1) is 6.57 Å². The summed E-state index contributed by atoms with van der Waals surface area (Å²) in [4.78, 5) is 18.0. The van der Waals surface area contributed by atoms with Gasteiger partial charge in [0.05, 0.1) is 6.57 Å². The van der Waals surface area contributed by atoms with Crippen LogP contribution in [0.15, 0.2) is 24.4 Å². The summed E-state index contributed by atoms with van der Waals surface area (Å²) in [6, 6.07) is 5.77. The van der Waals surface area contributed by atoms with Crippen molar-refractivity contribution < 1.29 is 4.79 Å². The van der Waals surface area contributed by atoms with Crippen LogP contribution in [0.3, 0.4) is 0 Å². The van der Waals surface area contributed by atoms with E-state index in [4.69, 9.17) is 6.57 Å². The number of benzene rings is 1. The third-order valence-corrected chi connectivity index (χ3v) is 3.81. The largest absolute Gasteiger partial charge is 0.362 e. The quantitative estimate of drug-likeness (QED) is 0.750. The minimum Gasteiger partial charge on any atom is -0.362 e. The van der Waals surface area contributed by atoms with Crippen LogP contribution in [-0.2, 0) is 4.79 Å². The molecule has 0 radical (unpaired) electrons. The highest BCUT2D eigenvalue weighted by molar-refractivity contribution is 5.87. The lowest BCUT2D eigenvalue weighted by molar-refractivity contribution is -0.120. The standard InChI is InChI=1S/C15H14N2O/c1-16-11-4-7-13-14(9-17-15(13)8-11)10-2-5-12(18)6-3-10/h4,7-10,17H,2-3,5-6H2. The van der Waals surface area contributed by atoms with Gasteiger partial charge in [-0.05, 0) is 30.4 Å². The SMILES string of the molecule is [C-]#[N+]c1ccc2c(C3CCC(=O)CC3)c[nH]c2c1. The maximum Gasteiger partial charge on any atom is 0.189 e. The molecule has 0 unspecified atom stereocenters. The fourth-order valence-electron chi connectivity index (χ4n) is 2.79. The smallest absolute Gasteiger partial charge is 0.189 e. The highest BCUT2D eigenvalue weighted by Crippen LogP contribution is 2.36. The topological polar surface area (TPSA) is 37.2 Å². The van der Waals surface area contributed by atoms with Gasteiger partial charge in [0, 0.05) is 29.9 Å². The normalized spacial score (nSPS) is 16.9. The predicted molar refractivity (Wildman–Crippen MR) is 70.8 cm³/mol. The molecule has 1 heterocycles. The van der Waals surface area contributed by atoms with E-state index in [1.165, 1.54) is 10.9 Å². The molecule has 0 spiro atoms. The second kappa shape index (κ2) is 4.30. The summed E-state index contributed by atoms with van der Waals surface area (Å²) < 4.78 is 0. The average molecular weight is 238 g/mol. The highest BCUT2D eigenvalue weighted by Gasteiger charge is 2.22. The average Bonchev–Trinajstić information content (AvgIpc) is 2.82. The molecule has 1 aromatic heterocycles. The molecule has 0 bridgehead atoms. The van der Waals surface area contributed by atoms with E-state index in [2.05, 4.69) is 9.83 Å². The molecule has 1 aliphatic rings. The van der Waals surface area contributed by atoms with Crippen LogP contribution in [0.1, 0.15) is 37.2 Å². The van der Waals surface area contributed by atoms with Crippen LogP contribution in [0.2, 0.25) is 0 Å². The van der Waals surface area contributed by atoms with Crippen LogP contribution in [0.4, 0.5) is 5.69 Å². The molecule has 3 rings (SSSR count). The Morgan fingerprint density at radius 2 is 2.06 bits per heavy atom. The van der Waals surface area contributed by atoms with Crippen LogP contribution < -0.4 is 0 Å². The van der Waals surface area contributed by atoms with Crippen molar-refractivity contribution in [3.8, 4) is 0 Å². The molecule has 2 aromatic rings. The molecular formula is C15H14N2O. The Bertz CT molecular complexity index is 638. The Labute approximate surface area is 106 Å². The van der Waals surface area contributed by atoms with Crippen molar-refractivity contribution in [3.05, 3.63) is 41.4 Å². The molecule has 1 N–H and O–H groups in total.